The first-order chi connectivity index (χ1) is 9.91. The van der Waals surface area contributed by atoms with Gasteiger partial charge in [-0.1, -0.05) is 13.3 Å². The van der Waals surface area contributed by atoms with Crippen LogP contribution in [0.1, 0.15) is 39.0 Å². The SMILES string of the molecule is CCCC1CC(N2CCS(=O)(=O)CC2CC(=O)O)CCO1. The third-order valence-corrected chi connectivity index (χ3v) is 6.10. The van der Waals surface area contributed by atoms with E-state index >= 15 is 0 Å². The summed E-state index contributed by atoms with van der Waals surface area (Å²) in [6.45, 7) is 3.25. The fourth-order valence-electron chi connectivity index (χ4n) is 3.44. The maximum Gasteiger partial charge on any atom is 0.304 e. The van der Waals surface area contributed by atoms with Crippen LogP contribution in [0.25, 0.3) is 0 Å². The molecule has 122 valence electrons. The van der Waals surface area contributed by atoms with Crippen LogP contribution in [0.15, 0.2) is 0 Å². The molecule has 2 rings (SSSR count). The molecule has 1 N–H and O–H groups in total. The zero-order valence-corrected chi connectivity index (χ0v) is 13.3. The summed E-state index contributed by atoms with van der Waals surface area (Å²) in [4.78, 5) is 13.1. The summed E-state index contributed by atoms with van der Waals surface area (Å²) in [5.74, 6) is -0.826. The summed E-state index contributed by atoms with van der Waals surface area (Å²) in [5.41, 5.74) is 0. The summed E-state index contributed by atoms with van der Waals surface area (Å²) in [6.07, 6.45) is 3.92. The topological polar surface area (TPSA) is 83.9 Å². The van der Waals surface area contributed by atoms with Gasteiger partial charge in [-0.15, -0.1) is 0 Å². The molecule has 2 fully saturated rings. The van der Waals surface area contributed by atoms with Crippen LogP contribution in [0, 0.1) is 0 Å². The predicted molar refractivity (Wildman–Crippen MR) is 79.1 cm³/mol. The second-order valence-electron chi connectivity index (χ2n) is 6.06. The summed E-state index contributed by atoms with van der Waals surface area (Å²) < 4.78 is 29.3. The molecule has 0 bridgehead atoms. The van der Waals surface area contributed by atoms with E-state index in [1.807, 2.05) is 0 Å². The molecule has 7 heteroatoms. The molecule has 0 aromatic carbocycles. The van der Waals surface area contributed by atoms with Gasteiger partial charge in [-0.2, -0.15) is 0 Å². The molecule has 2 aliphatic rings. The largest absolute Gasteiger partial charge is 0.481 e. The summed E-state index contributed by atoms with van der Waals surface area (Å²) in [7, 11) is -3.11. The lowest BCUT2D eigenvalue weighted by Crippen LogP contribution is -2.55. The Labute approximate surface area is 126 Å². The van der Waals surface area contributed by atoms with E-state index in [2.05, 4.69) is 11.8 Å². The van der Waals surface area contributed by atoms with Crippen LogP contribution in [-0.4, -0.2) is 67.2 Å². The predicted octanol–water partition coefficient (Wildman–Crippen LogP) is 0.908. The lowest BCUT2D eigenvalue weighted by Gasteiger charge is -2.43. The molecule has 0 aromatic heterocycles. The average molecular weight is 319 g/mol. The first kappa shape index (κ1) is 16.7. The molecule has 2 saturated heterocycles. The van der Waals surface area contributed by atoms with E-state index in [0.29, 0.717) is 13.2 Å². The summed E-state index contributed by atoms with van der Waals surface area (Å²) >= 11 is 0. The van der Waals surface area contributed by atoms with Gasteiger partial charge >= 0.3 is 5.97 Å². The Morgan fingerprint density at radius 2 is 2.19 bits per heavy atom. The van der Waals surface area contributed by atoms with Gasteiger partial charge in [0.15, 0.2) is 9.84 Å². The van der Waals surface area contributed by atoms with Crippen molar-refractivity contribution < 1.29 is 23.1 Å². The highest BCUT2D eigenvalue weighted by molar-refractivity contribution is 7.91. The zero-order chi connectivity index (χ0) is 15.5. The van der Waals surface area contributed by atoms with Crippen LogP contribution in [-0.2, 0) is 19.4 Å². The van der Waals surface area contributed by atoms with Crippen LogP contribution in [0.3, 0.4) is 0 Å². The number of hydrogen-bond acceptors (Lipinski definition) is 5. The van der Waals surface area contributed by atoms with Gasteiger partial charge < -0.3 is 9.84 Å². The number of nitrogens with zero attached hydrogens (tertiary/aromatic N) is 1. The van der Waals surface area contributed by atoms with E-state index < -0.39 is 21.8 Å². The molecule has 3 unspecified atom stereocenters. The second-order valence-corrected chi connectivity index (χ2v) is 8.29. The van der Waals surface area contributed by atoms with Crippen molar-refractivity contribution in [2.75, 3.05) is 24.7 Å². The normalized spacial score (nSPS) is 33.7. The zero-order valence-electron chi connectivity index (χ0n) is 12.5. The van der Waals surface area contributed by atoms with Gasteiger partial charge in [-0.3, -0.25) is 9.69 Å². The van der Waals surface area contributed by atoms with Gasteiger partial charge in [-0.05, 0) is 19.3 Å². The maximum absolute atomic E-state index is 11.8. The third kappa shape index (κ3) is 4.66. The summed E-state index contributed by atoms with van der Waals surface area (Å²) in [6, 6.07) is -0.151. The molecule has 0 spiro atoms. The van der Waals surface area contributed by atoms with Crippen molar-refractivity contribution in [2.45, 2.75) is 57.2 Å². The van der Waals surface area contributed by atoms with E-state index in [-0.39, 0.29) is 30.1 Å². The van der Waals surface area contributed by atoms with Gasteiger partial charge in [0.25, 0.3) is 0 Å². The van der Waals surface area contributed by atoms with E-state index in [4.69, 9.17) is 9.84 Å². The van der Waals surface area contributed by atoms with E-state index in [1.54, 1.807) is 0 Å². The number of ether oxygens (including phenoxy) is 1. The van der Waals surface area contributed by atoms with Gasteiger partial charge in [0.05, 0.1) is 24.0 Å². The van der Waals surface area contributed by atoms with E-state index in [9.17, 15) is 13.2 Å². The molecule has 2 aliphatic heterocycles. The van der Waals surface area contributed by atoms with Crippen molar-refractivity contribution in [3.05, 3.63) is 0 Å². The van der Waals surface area contributed by atoms with Crippen molar-refractivity contribution in [3.8, 4) is 0 Å². The maximum atomic E-state index is 11.8. The highest BCUT2D eigenvalue weighted by Gasteiger charge is 2.38. The molecule has 21 heavy (non-hydrogen) atoms. The van der Waals surface area contributed by atoms with Gasteiger partial charge in [-0.25, -0.2) is 8.42 Å². The molecule has 2 heterocycles. The molecular weight excluding hydrogens is 294 g/mol. The number of sulfone groups is 1. The van der Waals surface area contributed by atoms with Crippen LogP contribution in [0.2, 0.25) is 0 Å². The fourth-order valence-corrected chi connectivity index (χ4v) is 4.99. The first-order valence-corrected chi connectivity index (χ1v) is 9.53. The highest BCUT2D eigenvalue weighted by atomic mass is 32.2. The lowest BCUT2D eigenvalue weighted by atomic mass is 9.97. The third-order valence-electron chi connectivity index (χ3n) is 4.41. The summed E-state index contributed by atoms with van der Waals surface area (Å²) in [5, 5.41) is 9.04. The van der Waals surface area contributed by atoms with Gasteiger partial charge in [0.2, 0.25) is 0 Å². The Kier molecular flexibility index (Phi) is 5.62. The molecule has 0 aliphatic carbocycles. The van der Waals surface area contributed by atoms with Crippen molar-refractivity contribution in [1.82, 2.24) is 4.90 Å². The molecule has 0 aromatic rings. The quantitative estimate of drug-likeness (QED) is 0.811. The Morgan fingerprint density at radius 3 is 2.86 bits per heavy atom. The van der Waals surface area contributed by atoms with Crippen LogP contribution >= 0.6 is 0 Å². The number of hydrogen-bond donors (Lipinski definition) is 1. The van der Waals surface area contributed by atoms with Crippen molar-refractivity contribution >= 4 is 15.8 Å². The molecule has 6 nitrogen and oxygen atoms in total. The van der Waals surface area contributed by atoms with Crippen LogP contribution in [0.5, 0.6) is 0 Å². The Balaban J connectivity index is 2.06. The molecule has 0 radical (unpaired) electrons. The molecule has 0 saturated carbocycles. The van der Waals surface area contributed by atoms with Crippen molar-refractivity contribution in [1.29, 1.82) is 0 Å². The van der Waals surface area contributed by atoms with E-state index in [0.717, 1.165) is 25.7 Å². The second kappa shape index (κ2) is 7.07. The Bertz CT molecular complexity index is 462. The number of carbonyl (C=O) groups is 1. The van der Waals surface area contributed by atoms with Crippen molar-refractivity contribution in [3.63, 3.8) is 0 Å². The van der Waals surface area contributed by atoms with Gasteiger partial charge in [0.1, 0.15) is 0 Å². The van der Waals surface area contributed by atoms with Crippen LogP contribution in [0.4, 0.5) is 0 Å². The number of aliphatic carboxylic acids is 1. The lowest BCUT2D eigenvalue weighted by molar-refractivity contribution is -0.138. The number of carboxylic acids is 1. The molecular formula is C14H25NO5S. The van der Waals surface area contributed by atoms with E-state index in [1.165, 1.54) is 0 Å². The van der Waals surface area contributed by atoms with Crippen LogP contribution < -0.4 is 0 Å². The number of rotatable bonds is 5. The fraction of sp³-hybridized carbons (Fsp3) is 0.929. The average Bonchev–Trinajstić information content (AvgIpc) is 2.38. The Hall–Kier alpha value is -0.660. The standard InChI is InChI=1S/C14H25NO5S/c1-2-3-13-8-11(4-6-20-13)15-5-7-21(18,19)10-12(15)9-14(16)17/h11-13H,2-10H2,1H3,(H,16,17). The first-order valence-electron chi connectivity index (χ1n) is 7.71. The number of carboxylic acid groups (broad SMARTS) is 1. The highest BCUT2D eigenvalue weighted by Crippen LogP contribution is 2.27. The minimum atomic E-state index is -3.11. The minimum absolute atomic E-state index is 0.0326. The smallest absolute Gasteiger partial charge is 0.304 e. The molecule has 3 atom stereocenters. The monoisotopic (exact) mass is 319 g/mol. The Morgan fingerprint density at radius 1 is 1.43 bits per heavy atom. The van der Waals surface area contributed by atoms with Crippen molar-refractivity contribution in [2.24, 2.45) is 0 Å². The molecule has 0 amide bonds. The minimum Gasteiger partial charge on any atom is -0.481 e. The van der Waals surface area contributed by atoms with Gasteiger partial charge in [0, 0.05) is 25.2 Å².